The van der Waals surface area contributed by atoms with Crippen LogP contribution in [-0.4, -0.2) is 37.9 Å². The highest BCUT2D eigenvalue weighted by atomic mass is 16.6. The smallest absolute Gasteiger partial charge is 0.306 e. The lowest BCUT2D eigenvalue weighted by Crippen LogP contribution is -2.30. The van der Waals surface area contributed by atoms with Gasteiger partial charge in [0.05, 0.1) is 6.61 Å². The number of unbranched alkanes of at least 4 members (excludes halogenated alkanes) is 22. The maximum atomic E-state index is 12.6. The molecule has 0 aliphatic rings. The van der Waals surface area contributed by atoms with E-state index in [-0.39, 0.29) is 25.2 Å². The van der Waals surface area contributed by atoms with E-state index in [2.05, 4.69) is 81.5 Å². The summed E-state index contributed by atoms with van der Waals surface area (Å²) in [4.78, 5) is 25.2. The summed E-state index contributed by atoms with van der Waals surface area (Å²) in [5.74, 6) is -0.418. The van der Waals surface area contributed by atoms with Crippen molar-refractivity contribution in [2.75, 3.05) is 19.8 Å². The van der Waals surface area contributed by atoms with Crippen LogP contribution in [0.1, 0.15) is 226 Å². The van der Waals surface area contributed by atoms with Gasteiger partial charge in [-0.3, -0.25) is 9.59 Å². The zero-order valence-corrected chi connectivity index (χ0v) is 37.1. The Morgan fingerprint density at radius 2 is 0.804 bits per heavy atom. The average molecular weight is 783 g/mol. The number of hydrogen-bond donors (Lipinski definition) is 0. The molecule has 0 fully saturated rings. The summed E-state index contributed by atoms with van der Waals surface area (Å²) >= 11 is 0. The standard InChI is InChI=1S/C51H90O5/c1-4-7-10-13-16-18-20-22-24-26-27-29-31-33-36-38-41-44-50(52)55-48-49(56-51(53)45-42-39-35-15-12-9-6-3)47-54-46-43-40-37-34-32-30-28-25-23-21-19-17-14-11-8-5-2/h7,10,16-19,22-25,49H,4-6,8-9,11-15,20-21,26-48H2,1-3H3/b10-7-,18-16-,19-17-,24-22-,25-23-. The van der Waals surface area contributed by atoms with E-state index in [1.807, 2.05) is 0 Å². The highest BCUT2D eigenvalue weighted by molar-refractivity contribution is 5.70. The highest BCUT2D eigenvalue weighted by Gasteiger charge is 2.17. The molecule has 56 heavy (non-hydrogen) atoms. The molecule has 0 radical (unpaired) electrons. The molecule has 0 saturated carbocycles. The van der Waals surface area contributed by atoms with Crippen molar-refractivity contribution in [3.05, 3.63) is 60.8 Å². The Morgan fingerprint density at radius 3 is 1.32 bits per heavy atom. The third kappa shape index (κ3) is 44.3. The van der Waals surface area contributed by atoms with Gasteiger partial charge >= 0.3 is 11.9 Å². The topological polar surface area (TPSA) is 61.8 Å². The van der Waals surface area contributed by atoms with Crippen LogP contribution in [0.25, 0.3) is 0 Å². The van der Waals surface area contributed by atoms with Crippen LogP contribution in [0.2, 0.25) is 0 Å². The molecule has 0 amide bonds. The summed E-state index contributed by atoms with van der Waals surface area (Å²) in [6.45, 7) is 7.63. The van der Waals surface area contributed by atoms with Gasteiger partial charge in [0.15, 0.2) is 6.10 Å². The van der Waals surface area contributed by atoms with Gasteiger partial charge < -0.3 is 14.2 Å². The number of carbonyl (C=O) groups excluding carboxylic acids is 2. The number of ether oxygens (including phenoxy) is 3. The van der Waals surface area contributed by atoms with Gasteiger partial charge in [-0.2, -0.15) is 0 Å². The Bertz CT molecular complexity index is 977. The summed E-state index contributed by atoms with van der Waals surface area (Å²) in [5, 5.41) is 0. The van der Waals surface area contributed by atoms with Gasteiger partial charge in [0.1, 0.15) is 6.61 Å². The molecule has 0 bridgehead atoms. The monoisotopic (exact) mass is 783 g/mol. The summed E-state index contributed by atoms with van der Waals surface area (Å²) < 4.78 is 17.3. The second-order valence-electron chi connectivity index (χ2n) is 15.6. The molecule has 0 rings (SSSR count). The maximum absolute atomic E-state index is 12.6. The number of hydrogen-bond acceptors (Lipinski definition) is 5. The van der Waals surface area contributed by atoms with Crippen LogP contribution in [0.3, 0.4) is 0 Å². The van der Waals surface area contributed by atoms with Gasteiger partial charge in [0.25, 0.3) is 0 Å². The normalized spacial score (nSPS) is 12.7. The molecule has 0 aliphatic heterocycles. The largest absolute Gasteiger partial charge is 0.462 e. The van der Waals surface area contributed by atoms with E-state index in [1.54, 1.807) is 0 Å². The first kappa shape index (κ1) is 53.6. The van der Waals surface area contributed by atoms with Crippen LogP contribution in [0, 0.1) is 0 Å². The lowest BCUT2D eigenvalue weighted by molar-refractivity contribution is -0.163. The van der Waals surface area contributed by atoms with Gasteiger partial charge in [0.2, 0.25) is 0 Å². The van der Waals surface area contributed by atoms with Crippen LogP contribution in [-0.2, 0) is 23.8 Å². The Kier molecular flexibility index (Phi) is 45.0. The average Bonchev–Trinajstić information content (AvgIpc) is 3.20. The molecule has 0 N–H and O–H groups in total. The SMILES string of the molecule is CC/C=C\C/C=C\C/C=C\CCCCCCCCCC(=O)OCC(COCCCCCCCC/C=C\C/C=C\CCCCC)OC(=O)CCCCCCCCC. The van der Waals surface area contributed by atoms with Crippen LogP contribution < -0.4 is 0 Å². The lowest BCUT2D eigenvalue weighted by Gasteiger charge is -2.18. The Balaban J connectivity index is 4.17. The van der Waals surface area contributed by atoms with Gasteiger partial charge in [-0.15, -0.1) is 0 Å². The Morgan fingerprint density at radius 1 is 0.411 bits per heavy atom. The van der Waals surface area contributed by atoms with Gasteiger partial charge in [-0.25, -0.2) is 0 Å². The number of rotatable bonds is 43. The molecular formula is C51H90O5. The molecule has 1 atom stereocenters. The third-order valence-corrected chi connectivity index (χ3v) is 10.0. The molecule has 1 unspecified atom stereocenters. The quantitative estimate of drug-likeness (QED) is 0.0350. The van der Waals surface area contributed by atoms with E-state index >= 15 is 0 Å². The zero-order valence-electron chi connectivity index (χ0n) is 37.1. The zero-order chi connectivity index (χ0) is 40.7. The van der Waals surface area contributed by atoms with Crippen molar-refractivity contribution in [2.24, 2.45) is 0 Å². The number of esters is 2. The second-order valence-corrected chi connectivity index (χ2v) is 15.6. The predicted molar refractivity (Wildman–Crippen MR) is 242 cm³/mol. The molecule has 5 heteroatoms. The fourth-order valence-corrected chi connectivity index (χ4v) is 6.49. The summed E-state index contributed by atoms with van der Waals surface area (Å²) in [7, 11) is 0. The second kappa shape index (κ2) is 47.0. The predicted octanol–water partition coefficient (Wildman–Crippen LogP) is 15.8. The lowest BCUT2D eigenvalue weighted by atomic mass is 10.1. The van der Waals surface area contributed by atoms with E-state index in [4.69, 9.17) is 14.2 Å². The Labute approximate surface area is 347 Å². The minimum atomic E-state index is -0.542. The fourth-order valence-electron chi connectivity index (χ4n) is 6.49. The molecule has 5 nitrogen and oxygen atoms in total. The van der Waals surface area contributed by atoms with Crippen molar-refractivity contribution < 1.29 is 23.8 Å². The minimum Gasteiger partial charge on any atom is -0.462 e. The summed E-state index contributed by atoms with van der Waals surface area (Å²) in [6.07, 6.45) is 58.0. The van der Waals surface area contributed by atoms with Crippen LogP contribution >= 0.6 is 0 Å². The first-order chi connectivity index (χ1) is 27.6. The highest BCUT2D eigenvalue weighted by Crippen LogP contribution is 2.13. The number of carbonyl (C=O) groups is 2. The summed E-state index contributed by atoms with van der Waals surface area (Å²) in [5.41, 5.74) is 0. The number of allylic oxidation sites excluding steroid dienone is 10. The van der Waals surface area contributed by atoms with Crippen molar-refractivity contribution in [1.29, 1.82) is 0 Å². The van der Waals surface area contributed by atoms with Gasteiger partial charge in [0, 0.05) is 19.4 Å². The van der Waals surface area contributed by atoms with E-state index in [0.29, 0.717) is 19.4 Å². The van der Waals surface area contributed by atoms with Crippen LogP contribution in [0.5, 0.6) is 0 Å². The van der Waals surface area contributed by atoms with Crippen molar-refractivity contribution in [1.82, 2.24) is 0 Å². The van der Waals surface area contributed by atoms with Gasteiger partial charge in [-0.1, -0.05) is 191 Å². The van der Waals surface area contributed by atoms with E-state index in [1.165, 1.54) is 116 Å². The Hall–Kier alpha value is -2.40. The third-order valence-electron chi connectivity index (χ3n) is 10.0. The van der Waals surface area contributed by atoms with Crippen molar-refractivity contribution in [2.45, 2.75) is 232 Å². The molecule has 0 spiro atoms. The van der Waals surface area contributed by atoms with Crippen molar-refractivity contribution >= 4 is 11.9 Å². The van der Waals surface area contributed by atoms with Crippen LogP contribution in [0.4, 0.5) is 0 Å². The van der Waals surface area contributed by atoms with Crippen LogP contribution in [0.15, 0.2) is 60.8 Å². The molecule has 0 aliphatic carbocycles. The van der Waals surface area contributed by atoms with Gasteiger partial charge in [-0.05, 0) is 83.5 Å². The molecule has 0 aromatic rings. The molecule has 324 valence electrons. The van der Waals surface area contributed by atoms with E-state index < -0.39 is 6.10 Å². The molecular weight excluding hydrogens is 693 g/mol. The molecule has 0 heterocycles. The molecule has 0 aromatic heterocycles. The van der Waals surface area contributed by atoms with Crippen molar-refractivity contribution in [3.63, 3.8) is 0 Å². The first-order valence-corrected chi connectivity index (χ1v) is 23.8. The fraction of sp³-hybridized carbons (Fsp3) is 0.765. The minimum absolute atomic E-state index is 0.0757. The maximum Gasteiger partial charge on any atom is 0.306 e. The van der Waals surface area contributed by atoms with E-state index in [0.717, 1.165) is 77.0 Å². The molecule has 0 saturated heterocycles. The summed E-state index contributed by atoms with van der Waals surface area (Å²) in [6, 6.07) is 0. The molecule has 0 aromatic carbocycles. The van der Waals surface area contributed by atoms with Crippen molar-refractivity contribution in [3.8, 4) is 0 Å². The first-order valence-electron chi connectivity index (χ1n) is 23.8. The van der Waals surface area contributed by atoms with E-state index in [9.17, 15) is 9.59 Å².